The molecule has 3 N–H and O–H groups in total. The molecule has 1 saturated heterocycles. The summed E-state index contributed by atoms with van der Waals surface area (Å²) in [5, 5.41) is 23.0. The van der Waals surface area contributed by atoms with Crippen molar-refractivity contribution in [3.05, 3.63) is 59.2 Å². The molecule has 2 aromatic rings. The van der Waals surface area contributed by atoms with Crippen LogP contribution in [0.5, 0.6) is 5.75 Å². The van der Waals surface area contributed by atoms with E-state index in [1.807, 2.05) is 12.1 Å². The van der Waals surface area contributed by atoms with E-state index < -0.39 is 18.0 Å². The molecule has 3 rings (SSSR count). The van der Waals surface area contributed by atoms with Gasteiger partial charge in [0.2, 0.25) is 0 Å². The average Bonchev–Trinajstić information content (AvgIpc) is 2.82. The van der Waals surface area contributed by atoms with Crippen LogP contribution >= 0.6 is 0 Å². The third kappa shape index (κ3) is 6.29. The molecule has 34 heavy (non-hydrogen) atoms. The second kappa shape index (κ2) is 11.9. The molecule has 0 amide bonds. The van der Waals surface area contributed by atoms with Gasteiger partial charge >= 0.3 is 11.9 Å². The van der Waals surface area contributed by atoms with Crippen molar-refractivity contribution in [3.63, 3.8) is 0 Å². The highest BCUT2D eigenvalue weighted by Gasteiger charge is 2.28. The number of hydrogen-bond donors (Lipinski definition) is 3. The number of benzene rings is 2. The largest absolute Gasteiger partial charge is 0.493 e. The van der Waals surface area contributed by atoms with Crippen molar-refractivity contribution in [1.29, 1.82) is 0 Å². The van der Waals surface area contributed by atoms with Crippen LogP contribution in [0.25, 0.3) is 0 Å². The first-order chi connectivity index (χ1) is 16.3. The lowest BCUT2D eigenvalue weighted by molar-refractivity contribution is -0.140. The molecular weight excluding hydrogens is 432 g/mol. The Bertz CT molecular complexity index is 985. The Balaban J connectivity index is 1.98. The van der Waals surface area contributed by atoms with Gasteiger partial charge in [0.25, 0.3) is 0 Å². The van der Waals surface area contributed by atoms with Gasteiger partial charge in [-0.3, -0.25) is 10.1 Å². The summed E-state index contributed by atoms with van der Waals surface area (Å²) in [5.74, 6) is -1.61. The zero-order valence-electron chi connectivity index (χ0n) is 20.3. The van der Waals surface area contributed by atoms with E-state index in [1.165, 1.54) is 18.6 Å². The number of hydrogen-bond acceptors (Lipinski definition) is 5. The van der Waals surface area contributed by atoms with E-state index >= 15 is 0 Å². The number of carbonyl (C=O) groups is 2. The number of rotatable bonds is 11. The highest BCUT2D eigenvalue weighted by molar-refractivity contribution is 5.91. The number of carboxylic acid groups (broad SMARTS) is 2. The van der Waals surface area contributed by atoms with E-state index in [9.17, 15) is 19.8 Å². The Morgan fingerprint density at radius 3 is 2.38 bits per heavy atom. The van der Waals surface area contributed by atoms with Gasteiger partial charge in [-0.05, 0) is 67.9 Å². The van der Waals surface area contributed by atoms with Crippen molar-refractivity contribution < 1.29 is 24.5 Å². The summed E-state index contributed by atoms with van der Waals surface area (Å²) in [4.78, 5) is 26.4. The molecule has 0 spiro atoms. The van der Waals surface area contributed by atoms with Crippen molar-refractivity contribution in [2.75, 3.05) is 24.6 Å². The fourth-order valence-electron chi connectivity index (χ4n) is 4.64. The normalized spacial score (nSPS) is 15.7. The molecule has 0 aromatic heterocycles. The molecule has 184 valence electrons. The third-order valence-electron chi connectivity index (χ3n) is 6.20. The Morgan fingerprint density at radius 2 is 1.76 bits per heavy atom. The van der Waals surface area contributed by atoms with Crippen LogP contribution in [-0.4, -0.2) is 41.8 Å². The first-order valence-electron chi connectivity index (χ1n) is 12.1. The highest BCUT2D eigenvalue weighted by atomic mass is 16.5. The van der Waals surface area contributed by atoms with E-state index in [0.29, 0.717) is 11.5 Å². The van der Waals surface area contributed by atoms with E-state index in [4.69, 9.17) is 4.74 Å². The number of ether oxygens (including phenoxy) is 1. The lowest BCUT2D eigenvalue weighted by Gasteiger charge is -2.34. The van der Waals surface area contributed by atoms with Gasteiger partial charge in [0.1, 0.15) is 17.4 Å². The third-order valence-corrected chi connectivity index (χ3v) is 6.20. The smallest absolute Gasteiger partial charge is 0.339 e. The molecule has 7 nitrogen and oxygen atoms in total. The quantitative estimate of drug-likeness (QED) is 0.413. The molecule has 1 aliphatic rings. The van der Waals surface area contributed by atoms with Crippen LogP contribution in [0.3, 0.4) is 0 Å². The maximum absolute atomic E-state index is 12.4. The second-order valence-electron chi connectivity index (χ2n) is 9.22. The standard InChI is InChI=1S/C27H36N2O5/c1-4-34-24-17-19(12-13-21(24)26(30)31)25(27(32)33)28-22(16-18(2)3)20-10-6-7-11-23(20)29-14-8-5-9-15-29/h6-7,10-13,17-18,22,25,28H,4-5,8-9,14-16H2,1-3H3,(H,30,31)(H,32,33)/t22-,25-/m0/s1. The minimum Gasteiger partial charge on any atom is -0.493 e. The number of anilines is 1. The summed E-state index contributed by atoms with van der Waals surface area (Å²) in [6.45, 7) is 8.31. The molecule has 1 aliphatic heterocycles. The lowest BCUT2D eigenvalue weighted by atomic mass is 9.92. The molecule has 1 fully saturated rings. The molecule has 7 heteroatoms. The number of nitrogens with zero attached hydrogens (tertiary/aromatic N) is 1. The van der Waals surface area contributed by atoms with E-state index in [1.54, 1.807) is 13.0 Å². The Hall–Kier alpha value is -3.06. The molecular formula is C27H36N2O5. The van der Waals surface area contributed by atoms with E-state index in [0.717, 1.165) is 43.6 Å². The fraction of sp³-hybridized carbons (Fsp3) is 0.481. The molecule has 1 heterocycles. The minimum absolute atomic E-state index is 0.0175. The van der Waals surface area contributed by atoms with Crippen molar-refractivity contribution in [2.24, 2.45) is 5.92 Å². The monoisotopic (exact) mass is 468 g/mol. The van der Waals surface area contributed by atoms with Gasteiger partial charge in [-0.15, -0.1) is 0 Å². The average molecular weight is 469 g/mol. The Morgan fingerprint density at radius 1 is 1.06 bits per heavy atom. The molecule has 0 saturated carbocycles. The van der Waals surface area contributed by atoms with Gasteiger partial charge in [-0.1, -0.05) is 38.1 Å². The SMILES string of the molecule is CCOc1cc([C@H](N[C@@H](CC(C)C)c2ccccc2N2CCCCC2)C(=O)O)ccc1C(=O)O. The summed E-state index contributed by atoms with van der Waals surface area (Å²) in [6, 6.07) is 11.6. The van der Waals surface area contributed by atoms with Crippen LogP contribution in [0.2, 0.25) is 0 Å². The van der Waals surface area contributed by atoms with Gasteiger partial charge in [0, 0.05) is 24.8 Å². The number of piperidine rings is 1. The van der Waals surface area contributed by atoms with Crippen molar-refractivity contribution in [1.82, 2.24) is 5.32 Å². The lowest BCUT2D eigenvalue weighted by Crippen LogP contribution is -2.35. The maximum Gasteiger partial charge on any atom is 0.339 e. The van der Waals surface area contributed by atoms with Crippen molar-refractivity contribution in [3.8, 4) is 5.75 Å². The van der Waals surface area contributed by atoms with Crippen LogP contribution in [0.15, 0.2) is 42.5 Å². The summed E-state index contributed by atoms with van der Waals surface area (Å²) in [6.07, 6.45) is 4.32. The summed E-state index contributed by atoms with van der Waals surface area (Å²) in [7, 11) is 0. The first kappa shape index (κ1) is 25.6. The van der Waals surface area contributed by atoms with Gasteiger partial charge in [0.15, 0.2) is 0 Å². The fourth-order valence-corrected chi connectivity index (χ4v) is 4.64. The highest BCUT2D eigenvalue weighted by Crippen LogP contribution is 2.34. The van der Waals surface area contributed by atoms with Crippen LogP contribution in [0.1, 0.15) is 80.0 Å². The topological polar surface area (TPSA) is 99.1 Å². The van der Waals surface area contributed by atoms with Gasteiger partial charge in [-0.2, -0.15) is 0 Å². The number of para-hydroxylation sites is 1. The number of carboxylic acids is 2. The minimum atomic E-state index is -1.11. The predicted molar refractivity (Wildman–Crippen MR) is 133 cm³/mol. The summed E-state index contributed by atoms with van der Waals surface area (Å²) in [5.41, 5.74) is 2.73. The predicted octanol–water partition coefficient (Wildman–Crippen LogP) is 5.28. The van der Waals surface area contributed by atoms with Crippen molar-refractivity contribution >= 4 is 17.6 Å². The number of aliphatic carboxylic acids is 1. The number of aromatic carboxylic acids is 1. The maximum atomic E-state index is 12.4. The Kier molecular flexibility index (Phi) is 8.93. The second-order valence-corrected chi connectivity index (χ2v) is 9.22. The van der Waals surface area contributed by atoms with E-state index in [2.05, 4.69) is 36.2 Å². The van der Waals surface area contributed by atoms with Gasteiger partial charge in [-0.25, -0.2) is 4.79 Å². The zero-order valence-corrected chi connectivity index (χ0v) is 20.3. The molecule has 0 aliphatic carbocycles. The molecule has 0 bridgehead atoms. The van der Waals surface area contributed by atoms with Crippen LogP contribution in [-0.2, 0) is 4.79 Å². The zero-order chi connectivity index (χ0) is 24.7. The molecule has 2 aromatic carbocycles. The summed E-state index contributed by atoms with van der Waals surface area (Å²) >= 11 is 0. The number of nitrogens with one attached hydrogen (secondary N) is 1. The van der Waals surface area contributed by atoms with Crippen LogP contribution in [0.4, 0.5) is 5.69 Å². The summed E-state index contributed by atoms with van der Waals surface area (Å²) < 4.78 is 5.51. The van der Waals surface area contributed by atoms with Crippen LogP contribution < -0.4 is 15.0 Å². The Labute approximate surface area is 201 Å². The molecule has 0 unspecified atom stereocenters. The van der Waals surface area contributed by atoms with Crippen LogP contribution in [0, 0.1) is 5.92 Å². The molecule has 2 atom stereocenters. The van der Waals surface area contributed by atoms with Gasteiger partial charge < -0.3 is 19.8 Å². The van der Waals surface area contributed by atoms with E-state index in [-0.39, 0.29) is 24.0 Å². The van der Waals surface area contributed by atoms with Crippen molar-refractivity contribution in [2.45, 2.75) is 58.5 Å². The first-order valence-corrected chi connectivity index (χ1v) is 12.1. The van der Waals surface area contributed by atoms with Gasteiger partial charge in [0.05, 0.1) is 6.61 Å². The molecule has 0 radical (unpaired) electrons.